The SMILES string of the molecule is C=C(/C=C(\C=NC(=C)SC)NC(=O)Nc1cccnc1)NC. The van der Waals surface area contributed by atoms with Crippen LogP contribution >= 0.6 is 11.8 Å². The normalized spacial score (nSPS) is 11.1. The molecule has 0 fully saturated rings. The third kappa shape index (κ3) is 6.76. The van der Waals surface area contributed by atoms with Gasteiger partial charge in [-0.1, -0.05) is 13.2 Å². The molecule has 0 bridgehead atoms. The molecule has 116 valence electrons. The second-order valence-corrected chi connectivity index (χ2v) is 4.93. The Morgan fingerprint density at radius 3 is 2.82 bits per heavy atom. The van der Waals surface area contributed by atoms with Gasteiger partial charge in [0.25, 0.3) is 0 Å². The Labute approximate surface area is 134 Å². The fourth-order valence-electron chi connectivity index (χ4n) is 1.29. The smallest absolute Gasteiger partial charge is 0.323 e. The number of urea groups is 1. The number of thioether (sulfide) groups is 1. The zero-order chi connectivity index (χ0) is 16.4. The highest BCUT2D eigenvalue weighted by molar-refractivity contribution is 8.02. The maximum Gasteiger partial charge on any atom is 0.323 e. The molecule has 2 amide bonds. The van der Waals surface area contributed by atoms with Crippen LogP contribution in [0.4, 0.5) is 10.5 Å². The molecule has 7 heteroatoms. The molecule has 6 nitrogen and oxygen atoms in total. The first-order valence-corrected chi connectivity index (χ1v) is 7.61. The fraction of sp³-hybridized carbons (Fsp3) is 0.133. The predicted octanol–water partition coefficient (Wildman–Crippen LogP) is 2.73. The van der Waals surface area contributed by atoms with Gasteiger partial charge in [-0.2, -0.15) is 0 Å². The Hall–Kier alpha value is -2.54. The molecule has 0 aliphatic rings. The molecule has 0 aromatic carbocycles. The molecule has 0 radical (unpaired) electrons. The highest BCUT2D eigenvalue weighted by Gasteiger charge is 2.04. The van der Waals surface area contributed by atoms with E-state index in [1.165, 1.54) is 18.0 Å². The van der Waals surface area contributed by atoms with E-state index < -0.39 is 6.03 Å². The molecule has 1 aromatic rings. The minimum absolute atomic E-state index is 0.399. The average molecular weight is 317 g/mol. The van der Waals surface area contributed by atoms with E-state index in [0.29, 0.717) is 22.1 Å². The second-order valence-electron chi connectivity index (χ2n) is 4.05. The summed E-state index contributed by atoms with van der Waals surface area (Å²) in [5.41, 5.74) is 1.71. The number of anilines is 1. The molecule has 22 heavy (non-hydrogen) atoms. The third-order valence-corrected chi connectivity index (χ3v) is 2.99. The topological polar surface area (TPSA) is 78.4 Å². The van der Waals surface area contributed by atoms with E-state index in [1.807, 2.05) is 6.26 Å². The van der Waals surface area contributed by atoms with Crippen molar-refractivity contribution in [3.63, 3.8) is 0 Å². The van der Waals surface area contributed by atoms with E-state index in [-0.39, 0.29) is 0 Å². The van der Waals surface area contributed by atoms with Gasteiger partial charge in [-0.25, -0.2) is 9.79 Å². The van der Waals surface area contributed by atoms with Crippen LogP contribution in [0.25, 0.3) is 0 Å². The van der Waals surface area contributed by atoms with Crippen molar-refractivity contribution in [2.24, 2.45) is 4.99 Å². The van der Waals surface area contributed by atoms with Gasteiger partial charge in [0, 0.05) is 18.9 Å². The quantitative estimate of drug-likeness (QED) is 0.534. The lowest BCUT2D eigenvalue weighted by atomic mass is 10.3. The minimum atomic E-state index is -0.399. The van der Waals surface area contributed by atoms with Gasteiger partial charge >= 0.3 is 6.03 Å². The molecule has 0 aliphatic carbocycles. The van der Waals surface area contributed by atoms with Crippen molar-refractivity contribution in [3.8, 4) is 0 Å². The van der Waals surface area contributed by atoms with Crippen LogP contribution in [0.2, 0.25) is 0 Å². The van der Waals surface area contributed by atoms with Crippen LogP contribution in [-0.2, 0) is 0 Å². The summed E-state index contributed by atoms with van der Waals surface area (Å²) in [6.07, 6.45) is 8.24. The van der Waals surface area contributed by atoms with Gasteiger partial charge in [-0.05, 0) is 24.5 Å². The van der Waals surface area contributed by atoms with Crippen LogP contribution < -0.4 is 16.0 Å². The van der Waals surface area contributed by atoms with Crippen molar-refractivity contribution in [2.45, 2.75) is 0 Å². The highest BCUT2D eigenvalue weighted by Crippen LogP contribution is 2.09. The van der Waals surface area contributed by atoms with Crippen LogP contribution in [0, 0.1) is 0 Å². The van der Waals surface area contributed by atoms with E-state index >= 15 is 0 Å². The number of carbonyl (C=O) groups excluding carboxylic acids is 1. The standard InChI is InChI=1S/C15H19N5OS/c1-11(16-3)8-14(10-18-12(2)22-4)20-15(21)19-13-6-5-7-17-9-13/h5-10,16H,1-2H2,3-4H3,(H2,19,20,21)/b14-8+,18-10?. The first-order chi connectivity index (χ1) is 10.5. The molecule has 0 saturated carbocycles. The number of nitrogens with zero attached hydrogens (tertiary/aromatic N) is 2. The van der Waals surface area contributed by atoms with E-state index in [0.717, 1.165) is 0 Å². The Kier molecular flexibility index (Phi) is 7.49. The van der Waals surface area contributed by atoms with Gasteiger partial charge in [0.05, 0.1) is 28.8 Å². The minimum Gasteiger partial charge on any atom is -0.389 e. The van der Waals surface area contributed by atoms with Crippen LogP contribution in [0.15, 0.2) is 65.2 Å². The summed E-state index contributed by atoms with van der Waals surface area (Å²) in [4.78, 5) is 20.0. The summed E-state index contributed by atoms with van der Waals surface area (Å²) >= 11 is 1.42. The van der Waals surface area contributed by atoms with Crippen LogP contribution in [-0.4, -0.2) is 30.5 Å². The number of aromatic nitrogens is 1. The lowest BCUT2D eigenvalue weighted by molar-refractivity contribution is 0.254. The number of aliphatic imine (C=N–C) groups is 1. The molecule has 1 heterocycles. The summed E-state index contributed by atoms with van der Waals surface area (Å²) in [7, 11) is 1.74. The van der Waals surface area contributed by atoms with Gasteiger partial charge in [0.15, 0.2) is 0 Å². The Balaban J connectivity index is 2.77. The Bertz CT molecular complexity index is 595. The van der Waals surface area contributed by atoms with E-state index in [1.54, 1.807) is 37.7 Å². The summed E-state index contributed by atoms with van der Waals surface area (Å²) in [6.45, 7) is 7.55. The summed E-state index contributed by atoms with van der Waals surface area (Å²) in [5, 5.41) is 8.88. The van der Waals surface area contributed by atoms with Gasteiger partial charge in [-0.3, -0.25) is 4.98 Å². The van der Waals surface area contributed by atoms with Crippen molar-refractivity contribution in [1.29, 1.82) is 0 Å². The number of pyridine rings is 1. The van der Waals surface area contributed by atoms with Gasteiger partial charge < -0.3 is 16.0 Å². The molecule has 0 atom stereocenters. The second kappa shape index (κ2) is 9.41. The average Bonchev–Trinajstić information content (AvgIpc) is 2.52. The zero-order valence-corrected chi connectivity index (χ0v) is 13.4. The molecule has 3 N–H and O–H groups in total. The van der Waals surface area contributed by atoms with Gasteiger partial charge in [-0.15, -0.1) is 11.8 Å². The first-order valence-electron chi connectivity index (χ1n) is 6.38. The van der Waals surface area contributed by atoms with Crippen LogP contribution in [0.1, 0.15) is 0 Å². The number of likely N-dealkylation sites (N-methyl/N-ethyl adjacent to an activating group) is 1. The predicted molar refractivity (Wildman–Crippen MR) is 93.8 cm³/mol. The fourth-order valence-corrected chi connectivity index (χ4v) is 1.45. The van der Waals surface area contributed by atoms with E-state index in [2.05, 4.69) is 39.1 Å². The van der Waals surface area contributed by atoms with Crippen LogP contribution in [0.5, 0.6) is 0 Å². The number of amides is 2. The largest absolute Gasteiger partial charge is 0.389 e. The number of hydrogen-bond donors (Lipinski definition) is 3. The van der Waals surface area contributed by atoms with Crippen molar-refractivity contribution in [2.75, 3.05) is 18.6 Å². The van der Waals surface area contributed by atoms with Crippen molar-refractivity contribution < 1.29 is 4.79 Å². The summed E-state index contributed by atoms with van der Waals surface area (Å²) in [5.74, 6) is 0. The zero-order valence-electron chi connectivity index (χ0n) is 12.6. The summed E-state index contributed by atoms with van der Waals surface area (Å²) < 4.78 is 0. The molecule has 1 rings (SSSR count). The number of hydrogen-bond acceptors (Lipinski definition) is 5. The van der Waals surface area contributed by atoms with Gasteiger partial charge in [0.1, 0.15) is 0 Å². The number of nitrogens with one attached hydrogen (secondary N) is 3. The molecule has 0 saturated heterocycles. The maximum atomic E-state index is 12.0. The molecular weight excluding hydrogens is 298 g/mol. The number of rotatable bonds is 7. The van der Waals surface area contributed by atoms with Crippen LogP contribution in [0.3, 0.4) is 0 Å². The van der Waals surface area contributed by atoms with Crippen molar-refractivity contribution in [1.82, 2.24) is 15.6 Å². The molecular formula is C15H19N5OS. The lowest BCUT2D eigenvalue weighted by Crippen LogP contribution is -2.29. The van der Waals surface area contributed by atoms with E-state index in [4.69, 9.17) is 0 Å². The number of allylic oxidation sites excluding steroid dienone is 2. The monoisotopic (exact) mass is 317 g/mol. The molecule has 0 spiro atoms. The lowest BCUT2D eigenvalue weighted by Gasteiger charge is -2.08. The molecule has 1 aromatic heterocycles. The molecule has 0 aliphatic heterocycles. The molecule has 0 unspecified atom stereocenters. The number of carbonyl (C=O) groups is 1. The van der Waals surface area contributed by atoms with Crippen molar-refractivity contribution >= 4 is 29.7 Å². The first kappa shape index (κ1) is 17.5. The Morgan fingerprint density at radius 1 is 1.45 bits per heavy atom. The van der Waals surface area contributed by atoms with E-state index in [9.17, 15) is 4.79 Å². The van der Waals surface area contributed by atoms with Crippen molar-refractivity contribution in [3.05, 3.63) is 60.2 Å². The Morgan fingerprint density at radius 2 is 2.23 bits per heavy atom. The maximum absolute atomic E-state index is 12.0. The van der Waals surface area contributed by atoms with Gasteiger partial charge in [0.2, 0.25) is 0 Å². The summed E-state index contributed by atoms with van der Waals surface area (Å²) in [6, 6.07) is 3.08. The highest BCUT2D eigenvalue weighted by atomic mass is 32.2. The third-order valence-electron chi connectivity index (χ3n) is 2.41.